The van der Waals surface area contributed by atoms with Gasteiger partial charge in [0, 0.05) is 37.5 Å². The molecule has 1 N–H and O–H groups in total. The number of alkyl halides is 3. The molecular formula is C38H39ClF3N3O7. The van der Waals surface area contributed by atoms with Gasteiger partial charge in [-0.15, -0.1) is 5.06 Å². The van der Waals surface area contributed by atoms with Crippen LogP contribution in [0.1, 0.15) is 58.3 Å². The number of H-pyrrole nitrogens is 1. The summed E-state index contributed by atoms with van der Waals surface area (Å²) in [5.74, 6) is -1.23. The maximum Gasteiger partial charge on any atom is 0.492 e. The summed E-state index contributed by atoms with van der Waals surface area (Å²) >= 11 is 6.73. The van der Waals surface area contributed by atoms with Gasteiger partial charge in [-0.2, -0.15) is 13.2 Å². The lowest BCUT2D eigenvalue weighted by Crippen LogP contribution is -2.44. The Morgan fingerprint density at radius 1 is 0.942 bits per heavy atom. The molecule has 0 unspecified atom stereocenters. The number of carbonyl (C=O) groups excluding carboxylic acids is 2. The molecule has 0 radical (unpaired) electrons. The quantitative estimate of drug-likeness (QED) is 0.190. The number of fused-ring (bicyclic) bond motifs is 2. The number of hydrogen-bond acceptors (Lipinski definition) is 8. The highest BCUT2D eigenvalue weighted by Gasteiger charge is 2.43. The second-order valence-electron chi connectivity index (χ2n) is 13.2. The molecule has 1 atom stereocenters. The van der Waals surface area contributed by atoms with Crippen LogP contribution in [0.5, 0.6) is 17.2 Å². The lowest BCUT2D eigenvalue weighted by atomic mass is 9.97. The SMILES string of the molecule is COc1cc2c(cc1OC)CN(C(=O)c1cc3c(OCC[C@@H]4CCCCN4OC(=O)C(F)(F)F)c(-c4cc(C)cc(C)c4)c(=O)[nH]c3cc1Cl)CC2. The van der Waals surface area contributed by atoms with Crippen LogP contribution in [0.25, 0.3) is 22.0 Å². The molecule has 1 fully saturated rings. The molecule has 14 heteroatoms. The molecule has 52 heavy (non-hydrogen) atoms. The van der Waals surface area contributed by atoms with Crippen molar-refractivity contribution in [2.75, 3.05) is 33.9 Å². The van der Waals surface area contributed by atoms with Gasteiger partial charge in [-0.05, 0) is 74.1 Å². The Morgan fingerprint density at radius 2 is 1.63 bits per heavy atom. The summed E-state index contributed by atoms with van der Waals surface area (Å²) in [6.45, 7) is 4.68. The number of aryl methyl sites for hydroxylation is 2. The van der Waals surface area contributed by atoms with Crippen molar-refractivity contribution in [3.63, 3.8) is 0 Å². The fourth-order valence-corrected chi connectivity index (χ4v) is 7.29. The average molecular weight is 742 g/mol. The molecule has 2 aliphatic heterocycles. The van der Waals surface area contributed by atoms with E-state index in [9.17, 15) is 27.6 Å². The number of rotatable bonds is 9. The first-order valence-corrected chi connectivity index (χ1v) is 17.3. The minimum Gasteiger partial charge on any atom is -0.493 e. The Morgan fingerprint density at radius 3 is 2.31 bits per heavy atom. The molecule has 0 saturated carbocycles. The van der Waals surface area contributed by atoms with Crippen molar-refractivity contribution in [3.05, 3.63) is 85.7 Å². The highest BCUT2D eigenvalue weighted by atomic mass is 35.5. The Kier molecular flexibility index (Phi) is 10.7. The molecule has 4 aromatic rings. The lowest BCUT2D eigenvalue weighted by molar-refractivity contribution is -0.250. The van der Waals surface area contributed by atoms with E-state index < -0.39 is 23.7 Å². The van der Waals surface area contributed by atoms with E-state index in [-0.39, 0.29) is 47.4 Å². The number of piperidine rings is 1. The van der Waals surface area contributed by atoms with Gasteiger partial charge in [0.05, 0.1) is 42.5 Å². The summed E-state index contributed by atoms with van der Waals surface area (Å²) in [6, 6.07) is 12.1. The number of hydroxylamine groups is 2. The first kappa shape index (κ1) is 37.0. The van der Waals surface area contributed by atoms with E-state index in [1.54, 1.807) is 25.2 Å². The number of pyridine rings is 1. The molecule has 6 rings (SSSR count). The molecular weight excluding hydrogens is 703 g/mol. The first-order chi connectivity index (χ1) is 24.8. The van der Waals surface area contributed by atoms with Crippen molar-refractivity contribution in [1.29, 1.82) is 0 Å². The maximum absolute atomic E-state index is 14.1. The van der Waals surface area contributed by atoms with Gasteiger partial charge in [0.1, 0.15) is 5.75 Å². The summed E-state index contributed by atoms with van der Waals surface area (Å²) in [5.41, 5.74) is 4.71. The zero-order valence-corrected chi connectivity index (χ0v) is 30.0. The van der Waals surface area contributed by atoms with Crippen molar-refractivity contribution in [3.8, 4) is 28.4 Å². The van der Waals surface area contributed by atoms with E-state index in [4.69, 9.17) is 30.6 Å². The first-order valence-electron chi connectivity index (χ1n) is 17.0. The number of nitrogens with zero attached hydrogens (tertiary/aromatic N) is 2. The average Bonchev–Trinajstić information content (AvgIpc) is 3.09. The molecule has 0 spiro atoms. The number of halogens is 4. The second-order valence-corrected chi connectivity index (χ2v) is 13.6. The molecule has 0 bridgehead atoms. The summed E-state index contributed by atoms with van der Waals surface area (Å²) in [4.78, 5) is 48.9. The van der Waals surface area contributed by atoms with Gasteiger partial charge in [-0.3, -0.25) is 9.59 Å². The van der Waals surface area contributed by atoms with E-state index in [0.29, 0.717) is 60.3 Å². The van der Waals surface area contributed by atoms with E-state index in [1.807, 2.05) is 44.2 Å². The summed E-state index contributed by atoms with van der Waals surface area (Å²) in [5, 5.41) is 1.64. The van der Waals surface area contributed by atoms with Gasteiger partial charge in [0.15, 0.2) is 11.5 Å². The van der Waals surface area contributed by atoms with Gasteiger partial charge in [-0.1, -0.05) is 47.3 Å². The third kappa shape index (κ3) is 7.70. The summed E-state index contributed by atoms with van der Waals surface area (Å²) in [7, 11) is 3.12. The Bertz CT molecular complexity index is 2060. The highest BCUT2D eigenvalue weighted by molar-refractivity contribution is 6.34. The van der Waals surface area contributed by atoms with Gasteiger partial charge in [0.25, 0.3) is 11.5 Å². The van der Waals surface area contributed by atoms with Crippen LogP contribution in [0, 0.1) is 13.8 Å². The number of aromatic amines is 1. The van der Waals surface area contributed by atoms with Crippen LogP contribution in [0.4, 0.5) is 13.2 Å². The molecule has 1 aromatic heterocycles. The number of nitrogens with one attached hydrogen (secondary N) is 1. The second kappa shape index (κ2) is 15.1. The summed E-state index contributed by atoms with van der Waals surface area (Å²) in [6.07, 6.45) is -2.55. The largest absolute Gasteiger partial charge is 0.493 e. The lowest BCUT2D eigenvalue weighted by Gasteiger charge is -2.33. The normalized spacial score (nSPS) is 16.4. The van der Waals surface area contributed by atoms with E-state index in [0.717, 1.165) is 33.7 Å². The molecule has 3 aromatic carbocycles. The number of ether oxygens (including phenoxy) is 3. The smallest absolute Gasteiger partial charge is 0.492 e. The third-order valence-corrected chi connectivity index (χ3v) is 9.82. The van der Waals surface area contributed by atoms with Crippen molar-refractivity contribution in [2.45, 2.75) is 64.7 Å². The minimum atomic E-state index is -5.13. The van der Waals surface area contributed by atoms with E-state index >= 15 is 0 Å². The number of aromatic nitrogens is 1. The van der Waals surface area contributed by atoms with Gasteiger partial charge in [-0.25, -0.2) is 4.79 Å². The topological polar surface area (TPSA) is 110 Å². The molecule has 3 heterocycles. The van der Waals surface area contributed by atoms with Gasteiger partial charge < -0.3 is 28.9 Å². The Labute approximate surface area is 303 Å². The Hall–Kier alpha value is -4.75. The number of benzene rings is 3. The van der Waals surface area contributed by atoms with E-state index in [1.165, 1.54) is 6.07 Å². The summed E-state index contributed by atoms with van der Waals surface area (Å²) < 4.78 is 56.4. The van der Waals surface area contributed by atoms with Crippen LogP contribution in [0.3, 0.4) is 0 Å². The van der Waals surface area contributed by atoms with Crippen molar-refractivity contribution in [2.24, 2.45) is 0 Å². The third-order valence-electron chi connectivity index (χ3n) is 9.50. The number of amides is 1. The maximum atomic E-state index is 14.1. The zero-order chi connectivity index (χ0) is 37.3. The molecule has 276 valence electrons. The van der Waals surface area contributed by atoms with Crippen molar-refractivity contribution in [1.82, 2.24) is 14.9 Å². The van der Waals surface area contributed by atoms with Crippen LogP contribution in [-0.2, 0) is 22.6 Å². The van der Waals surface area contributed by atoms with Crippen LogP contribution >= 0.6 is 11.6 Å². The predicted molar refractivity (Wildman–Crippen MR) is 189 cm³/mol. The molecule has 2 aliphatic rings. The minimum absolute atomic E-state index is 0.0266. The van der Waals surface area contributed by atoms with E-state index in [2.05, 4.69) is 4.98 Å². The number of hydrogen-bond donors (Lipinski definition) is 1. The Balaban J connectivity index is 1.36. The number of methoxy groups -OCH3 is 2. The number of carbonyl (C=O) groups is 2. The van der Waals surface area contributed by atoms with Crippen LogP contribution < -0.4 is 19.8 Å². The fraction of sp³-hybridized carbons (Fsp3) is 0.395. The molecule has 10 nitrogen and oxygen atoms in total. The van der Waals surface area contributed by atoms with Crippen molar-refractivity contribution < 1.29 is 41.8 Å². The van der Waals surface area contributed by atoms with Gasteiger partial charge >= 0.3 is 12.1 Å². The molecule has 0 aliphatic carbocycles. The van der Waals surface area contributed by atoms with Crippen molar-refractivity contribution >= 4 is 34.4 Å². The predicted octanol–water partition coefficient (Wildman–Crippen LogP) is 7.32. The van der Waals surface area contributed by atoms with Crippen LogP contribution in [-0.4, -0.2) is 73.0 Å². The fourth-order valence-electron chi connectivity index (χ4n) is 7.05. The van der Waals surface area contributed by atoms with Crippen LogP contribution in [0.2, 0.25) is 5.02 Å². The highest BCUT2D eigenvalue weighted by Crippen LogP contribution is 2.38. The molecule has 1 saturated heterocycles. The standard InChI is InChI=1S/C38H39ClF3N3O7/c1-21-13-22(2)15-24(14-21)33-34(51-12-9-26-7-5-6-10-45(26)52-37(48)38(40,41)42)28-18-27(29(39)19-30(28)43-35(33)46)36(47)44-11-8-23-16-31(49-3)32(50-4)17-25(23)20-44/h13-19,26H,5-12,20H2,1-4H3,(H,43,46)/t26-/m0/s1. The monoisotopic (exact) mass is 741 g/mol. The van der Waals surface area contributed by atoms with Crippen LogP contribution in [0.15, 0.2) is 47.3 Å². The molecule has 1 amide bonds. The zero-order valence-electron chi connectivity index (χ0n) is 29.2. The van der Waals surface area contributed by atoms with Gasteiger partial charge in [0.2, 0.25) is 0 Å².